The van der Waals surface area contributed by atoms with Gasteiger partial charge in [0.2, 0.25) is 0 Å². The van der Waals surface area contributed by atoms with Crippen LogP contribution in [0.1, 0.15) is 0 Å². The minimum atomic E-state index is -0.742. The third-order valence-corrected chi connectivity index (χ3v) is 4.60. The topological polar surface area (TPSA) is 59.8 Å². The number of rotatable bonds is 4. The molecule has 0 spiro atoms. The molecule has 0 saturated carbocycles. The van der Waals surface area contributed by atoms with E-state index in [0.717, 1.165) is 37.7 Å². The van der Waals surface area contributed by atoms with Crippen molar-refractivity contribution >= 4 is 5.69 Å². The maximum Gasteiger partial charge on any atom is 0.194 e. The van der Waals surface area contributed by atoms with Gasteiger partial charge < -0.3 is 19.5 Å². The second-order valence-corrected chi connectivity index (χ2v) is 6.27. The van der Waals surface area contributed by atoms with Gasteiger partial charge in [-0.25, -0.2) is 9.07 Å². The molecular weight excluding hydrogens is 349 g/mol. The Morgan fingerprint density at radius 2 is 1.89 bits per heavy atom. The Labute approximate surface area is 156 Å². The third kappa shape index (κ3) is 3.46. The van der Waals surface area contributed by atoms with Crippen molar-refractivity contribution in [1.29, 1.82) is 0 Å². The molecule has 0 atom stereocenters. The van der Waals surface area contributed by atoms with E-state index in [-0.39, 0.29) is 5.75 Å². The first-order chi connectivity index (χ1) is 13.2. The molecule has 6 nitrogen and oxygen atoms in total. The number of phenolic OH excluding ortho intramolecular Hbond substituents is 1. The van der Waals surface area contributed by atoms with Crippen molar-refractivity contribution in [1.82, 2.24) is 9.78 Å². The largest absolute Gasteiger partial charge is 0.502 e. The van der Waals surface area contributed by atoms with E-state index in [9.17, 15) is 9.50 Å². The molecule has 3 aromatic rings. The van der Waals surface area contributed by atoms with Crippen molar-refractivity contribution in [2.75, 3.05) is 38.3 Å². The predicted molar refractivity (Wildman–Crippen MR) is 100 cm³/mol. The van der Waals surface area contributed by atoms with E-state index >= 15 is 0 Å². The summed E-state index contributed by atoms with van der Waals surface area (Å²) in [5.74, 6) is -1.17. The van der Waals surface area contributed by atoms with Crippen LogP contribution in [0, 0.1) is 5.82 Å². The highest BCUT2D eigenvalue weighted by Gasteiger charge is 2.15. The van der Waals surface area contributed by atoms with Crippen molar-refractivity contribution in [2.24, 2.45) is 0 Å². The van der Waals surface area contributed by atoms with Crippen molar-refractivity contribution in [2.45, 2.75) is 0 Å². The van der Waals surface area contributed by atoms with Gasteiger partial charge in [-0.1, -0.05) is 6.07 Å². The molecule has 140 valence electrons. The molecule has 2 aromatic carbocycles. The molecular formula is C20H20FN3O3. The molecule has 2 heterocycles. The number of halogens is 1. The third-order valence-electron chi connectivity index (χ3n) is 4.60. The average Bonchev–Trinajstić information content (AvgIpc) is 3.21. The number of phenols is 1. The van der Waals surface area contributed by atoms with Gasteiger partial charge in [0.1, 0.15) is 0 Å². The maximum atomic E-state index is 13.9. The quantitative estimate of drug-likeness (QED) is 0.765. The van der Waals surface area contributed by atoms with Crippen LogP contribution in [0.15, 0.2) is 48.7 Å². The van der Waals surface area contributed by atoms with Gasteiger partial charge in [-0.3, -0.25) is 0 Å². The first-order valence-corrected chi connectivity index (χ1v) is 8.71. The summed E-state index contributed by atoms with van der Waals surface area (Å²) in [6, 6.07) is 12.7. The fourth-order valence-electron chi connectivity index (χ4n) is 3.15. The van der Waals surface area contributed by atoms with Gasteiger partial charge in [0.15, 0.2) is 17.3 Å². The van der Waals surface area contributed by atoms with Crippen LogP contribution in [-0.2, 0) is 4.74 Å². The summed E-state index contributed by atoms with van der Waals surface area (Å²) < 4.78 is 26.1. The van der Waals surface area contributed by atoms with E-state index in [1.54, 1.807) is 16.8 Å². The Kier molecular flexibility index (Phi) is 4.68. The second-order valence-electron chi connectivity index (χ2n) is 6.27. The summed E-state index contributed by atoms with van der Waals surface area (Å²) in [5, 5.41) is 14.2. The maximum absolute atomic E-state index is 13.9. The number of benzene rings is 2. The highest BCUT2D eigenvalue weighted by molar-refractivity contribution is 5.64. The number of aromatic hydroxyl groups is 1. The number of methoxy groups -OCH3 is 1. The Bertz CT molecular complexity index is 951. The standard InChI is InChI=1S/C20H20FN3O3/c1-26-19-12-14(11-17(21)20(19)25)18-5-6-24(22-18)16-4-2-3-15(13-16)23-7-9-27-10-8-23/h2-6,11-13,25H,7-10H2,1H3. The first kappa shape index (κ1) is 17.4. The number of nitrogens with zero attached hydrogens (tertiary/aromatic N) is 3. The van der Waals surface area contributed by atoms with Gasteiger partial charge in [-0.15, -0.1) is 0 Å². The molecule has 0 bridgehead atoms. The lowest BCUT2D eigenvalue weighted by Crippen LogP contribution is -2.36. The summed E-state index contributed by atoms with van der Waals surface area (Å²) in [6.45, 7) is 3.18. The van der Waals surface area contributed by atoms with Gasteiger partial charge in [0, 0.05) is 30.5 Å². The molecule has 1 fully saturated rings. The number of anilines is 1. The summed E-state index contributed by atoms with van der Waals surface area (Å²) in [6.07, 6.45) is 1.82. The van der Waals surface area contributed by atoms with Crippen molar-refractivity contribution in [3.05, 3.63) is 54.5 Å². The number of aromatic nitrogens is 2. The van der Waals surface area contributed by atoms with E-state index in [0.29, 0.717) is 11.3 Å². The zero-order valence-electron chi connectivity index (χ0n) is 14.9. The normalized spacial score (nSPS) is 14.4. The smallest absolute Gasteiger partial charge is 0.194 e. The SMILES string of the molecule is COc1cc(-c2ccn(-c3cccc(N4CCOCC4)c3)n2)cc(F)c1O. The highest BCUT2D eigenvalue weighted by Crippen LogP contribution is 2.34. The molecule has 1 aliphatic heterocycles. The van der Waals surface area contributed by atoms with Gasteiger partial charge in [-0.2, -0.15) is 5.10 Å². The van der Waals surface area contributed by atoms with Crippen LogP contribution < -0.4 is 9.64 Å². The number of ether oxygens (including phenoxy) is 2. The van der Waals surface area contributed by atoms with E-state index in [2.05, 4.69) is 22.1 Å². The molecule has 1 aliphatic rings. The molecule has 4 rings (SSSR count). The van der Waals surface area contributed by atoms with Gasteiger partial charge in [-0.05, 0) is 36.4 Å². The lowest BCUT2D eigenvalue weighted by Gasteiger charge is -2.29. The molecule has 0 unspecified atom stereocenters. The van der Waals surface area contributed by atoms with E-state index < -0.39 is 11.6 Å². The molecule has 7 heteroatoms. The predicted octanol–water partition coefficient (Wildman–Crippen LogP) is 3.23. The lowest BCUT2D eigenvalue weighted by molar-refractivity contribution is 0.122. The van der Waals surface area contributed by atoms with E-state index in [1.807, 2.05) is 18.3 Å². The number of hydrogen-bond acceptors (Lipinski definition) is 5. The van der Waals surface area contributed by atoms with Crippen LogP contribution in [0.2, 0.25) is 0 Å². The minimum absolute atomic E-state index is 0.0777. The average molecular weight is 369 g/mol. The zero-order valence-corrected chi connectivity index (χ0v) is 14.9. The van der Waals surface area contributed by atoms with Crippen LogP contribution in [0.3, 0.4) is 0 Å². The summed E-state index contributed by atoms with van der Waals surface area (Å²) in [5.41, 5.74) is 3.15. The van der Waals surface area contributed by atoms with Crippen molar-refractivity contribution in [3.8, 4) is 28.4 Å². The van der Waals surface area contributed by atoms with Gasteiger partial charge >= 0.3 is 0 Å². The summed E-state index contributed by atoms with van der Waals surface area (Å²) in [7, 11) is 1.38. The molecule has 1 N–H and O–H groups in total. The Morgan fingerprint density at radius 1 is 1.11 bits per heavy atom. The van der Waals surface area contributed by atoms with Crippen molar-refractivity contribution in [3.63, 3.8) is 0 Å². The monoisotopic (exact) mass is 369 g/mol. The van der Waals surface area contributed by atoms with Gasteiger partial charge in [0.05, 0.1) is 31.7 Å². The Hall–Kier alpha value is -3.06. The highest BCUT2D eigenvalue weighted by atomic mass is 19.1. The minimum Gasteiger partial charge on any atom is -0.502 e. The lowest BCUT2D eigenvalue weighted by atomic mass is 10.1. The molecule has 1 aromatic heterocycles. The Morgan fingerprint density at radius 3 is 2.67 bits per heavy atom. The first-order valence-electron chi connectivity index (χ1n) is 8.71. The summed E-state index contributed by atoms with van der Waals surface area (Å²) in [4.78, 5) is 2.28. The van der Waals surface area contributed by atoms with Crippen molar-refractivity contribution < 1.29 is 19.0 Å². The van der Waals surface area contributed by atoms with E-state index in [4.69, 9.17) is 9.47 Å². The second kappa shape index (κ2) is 7.28. The molecule has 27 heavy (non-hydrogen) atoms. The zero-order chi connectivity index (χ0) is 18.8. The van der Waals surface area contributed by atoms with E-state index in [1.165, 1.54) is 13.2 Å². The van der Waals surface area contributed by atoms with Crippen LogP contribution in [0.25, 0.3) is 16.9 Å². The van der Waals surface area contributed by atoms with Crippen LogP contribution in [0.5, 0.6) is 11.5 Å². The number of morpholine rings is 1. The molecule has 0 amide bonds. The van der Waals surface area contributed by atoms with Crippen LogP contribution in [0.4, 0.5) is 10.1 Å². The number of hydrogen-bond donors (Lipinski definition) is 1. The molecule has 0 aliphatic carbocycles. The summed E-state index contributed by atoms with van der Waals surface area (Å²) >= 11 is 0. The fraction of sp³-hybridized carbons (Fsp3) is 0.250. The molecule has 0 radical (unpaired) electrons. The Balaban J connectivity index is 1.64. The molecule has 1 saturated heterocycles. The van der Waals surface area contributed by atoms with Crippen LogP contribution >= 0.6 is 0 Å². The van der Waals surface area contributed by atoms with Crippen LogP contribution in [-0.4, -0.2) is 48.3 Å². The fourth-order valence-corrected chi connectivity index (χ4v) is 3.15. The van der Waals surface area contributed by atoms with Gasteiger partial charge in [0.25, 0.3) is 0 Å².